The van der Waals surface area contributed by atoms with Gasteiger partial charge in [-0.05, 0) is 49.3 Å². The lowest BCUT2D eigenvalue weighted by Gasteiger charge is -2.51. The van der Waals surface area contributed by atoms with E-state index in [1.165, 1.54) is 10.9 Å². The van der Waals surface area contributed by atoms with Crippen molar-refractivity contribution in [2.24, 2.45) is 10.6 Å². The zero-order chi connectivity index (χ0) is 17.2. The maximum absolute atomic E-state index is 13.3. The number of rotatable bonds is 1. The number of piperidine rings is 1. The number of hydrogen-bond donors (Lipinski definition) is 1. The van der Waals surface area contributed by atoms with Crippen LogP contribution >= 0.6 is 0 Å². The molecule has 5 nitrogen and oxygen atoms in total. The molecule has 0 aliphatic carbocycles. The molecule has 2 aromatic rings. The number of aromatic nitrogens is 1. The van der Waals surface area contributed by atoms with E-state index < -0.39 is 0 Å². The molecule has 4 heterocycles. The summed E-state index contributed by atoms with van der Waals surface area (Å²) < 4.78 is 1.86. The largest absolute Gasteiger partial charge is 0.410 e. The van der Waals surface area contributed by atoms with Crippen molar-refractivity contribution < 1.29 is 10.0 Å². The topological polar surface area (TPSA) is 57.8 Å². The maximum atomic E-state index is 13.3. The maximum Gasteiger partial charge on any atom is 0.280 e. The fourth-order valence-electron chi connectivity index (χ4n) is 5.64. The molecule has 0 amide bonds. The number of carbonyl (C=O) groups excluding carboxylic acids is 1. The van der Waals surface area contributed by atoms with Gasteiger partial charge in [0, 0.05) is 24.0 Å². The summed E-state index contributed by atoms with van der Waals surface area (Å²) in [7, 11) is 0. The van der Waals surface area contributed by atoms with Crippen molar-refractivity contribution in [3.8, 4) is 0 Å². The van der Waals surface area contributed by atoms with Crippen LogP contribution in [0.3, 0.4) is 0 Å². The highest BCUT2D eigenvalue weighted by atomic mass is 16.4. The normalized spacial score (nSPS) is 30.5. The Morgan fingerprint density at radius 2 is 2.16 bits per heavy atom. The summed E-state index contributed by atoms with van der Waals surface area (Å²) in [5.74, 6) is -0.149. The van der Waals surface area contributed by atoms with Crippen molar-refractivity contribution in [2.75, 3.05) is 13.1 Å². The van der Waals surface area contributed by atoms with Crippen LogP contribution in [0.1, 0.15) is 54.7 Å². The fourth-order valence-corrected chi connectivity index (χ4v) is 5.64. The molecule has 5 rings (SSSR count). The molecule has 1 N–H and O–H groups in total. The van der Waals surface area contributed by atoms with Gasteiger partial charge in [-0.1, -0.05) is 30.3 Å². The predicted octanol–water partition coefficient (Wildman–Crippen LogP) is 3.60. The molecule has 130 valence electrons. The van der Waals surface area contributed by atoms with Crippen molar-refractivity contribution in [2.45, 2.75) is 45.1 Å². The molecule has 0 unspecified atom stereocenters. The number of oxime groups is 1. The first-order valence-electron chi connectivity index (χ1n) is 9.32. The van der Waals surface area contributed by atoms with E-state index in [9.17, 15) is 10.0 Å². The first kappa shape index (κ1) is 15.1. The summed E-state index contributed by atoms with van der Waals surface area (Å²) in [6, 6.07) is 8.42. The van der Waals surface area contributed by atoms with Crippen LogP contribution in [0, 0.1) is 5.41 Å². The van der Waals surface area contributed by atoms with Crippen molar-refractivity contribution in [3.63, 3.8) is 0 Å². The molecule has 1 saturated heterocycles. The first-order chi connectivity index (χ1) is 12.2. The molecule has 25 heavy (non-hydrogen) atoms. The first-order valence-corrected chi connectivity index (χ1v) is 9.32. The molecule has 0 radical (unpaired) electrons. The highest BCUT2D eigenvalue weighted by Gasteiger charge is 2.52. The lowest BCUT2D eigenvalue weighted by atomic mass is 9.66. The van der Waals surface area contributed by atoms with Crippen LogP contribution in [-0.2, 0) is 6.42 Å². The number of hydrogen-bond acceptors (Lipinski definition) is 4. The molecule has 5 heteroatoms. The Morgan fingerprint density at radius 1 is 1.32 bits per heavy atom. The van der Waals surface area contributed by atoms with Gasteiger partial charge < -0.3 is 5.21 Å². The Hall–Kier alpha value is -2.14. The summed E-state index contributed by atoms with van der Waals surface area (Å²) in [5, 5.41) is 14.3. The van der Waals surface area contributed by atoms with Gasteiger partial charge in [0.1, 0.15) is 5.71 Å². The number of nitrogens with zero attached hydrogens (tertiary/aromatic N) is 3. The standard InChI is InChI=1S/C20H23N3O2/c1-2-20-9-5-10-22-11-8-14-13-6-3-4-7-16(13)23(17(14)18(20)22)19(24)15(12-20)21-25/h3-4,6-7,18,25H,2,5,8-12H2,1H3/b21-15-/t18-,20+/m1/s1. The van der Waals surface area contributed by atoms with Gasteiger partial charge in [-0.2, -0.15) is 0 Å². The second-order valence-electron chi connectivity index (χ2n) is 7.75. The summed E-state index contributed by atoms with van der Waals surface area (Å²) in [4.78, 5) is 15.8. The molecule has 2 atom stereocenters. The molecule has 0 saturated carbocycles. The second kappa shape index (κ2) is 5.18. The second-order valence-corrected chi connectivity index (χ2v) is 7.75. The van der Waals surface area contributed by atoms with E-state index in [-0.39, 0.29) is 17.4 Å². The average Bonchev–Trinajstić information content (AvgIpc) is 2.94. The molecule has 3 aliphatic heterocycles. The zero-order valence-electron chi connectivity index (χ0n) is 14.5. The molecule has 1 aromatic heterocycles. The van der Waals surface area contributed by atoms with Crippen LogP contribution in [0.25, 0.3) is 10.9 Å². The molecule has 0 bridgehead atoms. The minimum atomic E-state index is -0.149. The van der Waals surface area contributed by atoms with Gasteiger partial charge in [0.25, 0.3) is 5.91 Å². The average molecular weight is 337 g/mol. The van der Waals surface area contributed by atoms with Crippen LogP contribution in [0.5, 0.6) is 0 Å². The highest BCUT2D eigenvalue weighted by Crippen LogP contribution is 2.55. The number of carbonyl (C=O) groups is 1. The van der Waals surface area contributed by atoms with Crippen molar-refractivity contribution in [3.05, 3.63) is 35.5 Å². The summed E-state index contributed by atoms with van der Waals surface area (Å²) in [6.45, 7) is 4.36. The monoisotopic (exact) mass is 337 g/mol. The van der Waals surface area contributed by atoms with Gasteiger partial charge in [0.2, 0.25) is 0 Å². The van der Waals surface area contributed by atoms with Gasteiger partial charge in [0.05, 0.1) is 11.6 Å². The van der Waals surface area contributed by atoms with Crippen molar-refractivity contribution in [1.82, 2.24) is 9.47 Å². The zero-order valence-corrected chi connectivity index (χ0v) is 14.5. The van der Waals surface area contributed by atoms with Gasteiger partial charge in [-0.3, -0.25) is 14.3 Å². The van der Waals surface area contributed by atoms with E-state index in [1.807, 2.05) is 22.8 Å². The molecular weight excluding hydrogens is 314 g/mol. The number of fused-ring (bicyclic) bond motifs is 3. The molecule has 3 aliphatic rings. The van der Waals surface area contributed by atoms with E-state index in [1.54, 1.807) is 0 Å². The molecule has 1 aromatic carbocycles. The van der Waals surface area contributed by atoms with E-state index in [4.69, 9.17) is 0 Å². The third kappa shape index (κ3) is 1.82. The van der Waals surface area contributed by atoms with E-state index in [0.717, 1.165) is 50.0 Å². The third-order valence-corrected chi connectivity index (χ3v) is 6.79. The summed E-state index contributed by atoms with van der Waals surface area (Å²) in [6.07, 6.45) is 4.76. The van der Waals surface area contributed by atoms with Crippen molar-refractivity contribution in [1.29, 1.82) is 0 Å². The lowest BCUT2D eigenvalue weighted by Crippen LogP contribution is -2.49. The Morgan fingerprint density at radius 3 is 2.96 bits per heavy atom. The van der Waals surface area contributed by atoms with E-state index in [0.29, 0.717) is 12.1 Å². The Labute approximate surface area is 146 Å². The smallest absolute Gasteiger partial charge is 0.280 e. The molecular formula is C20H23N3O2. The van der Waals surface area contributed by atoms with Crippen LogP contribution < -0.4 is 0 Å². The number of benzene rings is 1. The predicted molar refractivity (Wildman–Crippen MR) is 96.4 cm³/mol. The minimum Gasteiger partial charge on any atom is -0.410 e. The molecule has 1 fully saturated rings. The van der Waals surface area contributed by atoms with Gasteiger partial charge in [-0.15, -0.1) is 0 Å². The van der Waals surface area contributed by atoms with E-state index in [2.05, 4.69) is 23.0 Å². The van der Waals surface area contributed by atoms with Crippen LogP contribution in [-0.4, -0.2) is 39.4 Å². The minimum absolute atomic E-state index is 0.0206. The third-order valence-electron chi connectivity index (χ3n) is 6.79. The Kier molecular flexibility index (Phi) is 3.14. The van der Waals surface area contributed by atoms with Crippen LogP contribution in [0.4, 0.5) is 0 Å². The quantitative estimate of drug-likeness (QED) is 0.639. The van der Waals surface area contributed by atoms with Crippen LogP contribution in [0.2, 0.25) is 0 Å². The lowest BCUT2D eigenvalue weighted by molar-refractivity contribution is 0.00376. The van der Waals surface area contributed by atoms with Gasteiger partial charge >= 0.3 is 0 Å². The van der Waals surface area contributed by atoms with Crippen LogP contribution in [0.15, 0.2) is 29.4 Å². The van der Waals surface area contributed by atoms with E-state index >= 15 is 0 Å². The fraction of sp³-hybridized carbons (Fsp3) is 0.500. The summed E-state index contributed by atoms with van der Waals surface area (Å²) in [5.41, 5.74) is 3.73. The SMILES string of the molecule is CC[C@]12CCCN3CCc4c(n(c5ccccc45)C(=O)/C(=N\O)C1)[C@@H]32. The van der Waals surface area contributed by atoms with Crippen molar-refractivity contribution >= 4 is 22.5 Å². The molecule has 0 spiro atoms. The van der Waals surface area contributed by atoms with Gasteiger partial charge in [-0.25, -0.2) is 0 Å². The highest BCUT2D eigenvalue weighted by molar-refractivity contribution is 6.41. The Bertz CT molecular complexity index is 913. The summed E-state index contributed by atoms with van der Waals surface area (Å²) >= 11 is 0. The number of para-hydroxylation sites is 1. The Balaban J connectivity index is 1.91. The van der Waals surface area contributed by atoms with Gasteiger partial charge in [0.15, 0.2) is 0 Å².